The van der Waals surface area contributed by atoms with Gasteiger partial charge in [0.05, 0.1) is 12.3 Å². The fourth-order valence-corrected chi connectivity index (χ4v) is 3.49. The van der Waals surface area contributed by atoms with Crippen LogP contribution in [0.3, 0.4) is 0 Å². The molecule has 0 saturated carbocycles. The first-order chi connectivity index (χ1) is 8.33. The zero-order chi connectivity index (χ0) is 12.1. The Hall–Kier alpha value is -0.450. The van der Waals surface area contributed by atoms with Crippen LogP contribution in [0.25, 0.3) is 0 Å². The second kappa shape index (κ2) is 6.47. The molecule has 2 rings (SSSR count). The zero-order valence-corrected chi connectivity index (χ0v) is 11.6. The molecule has 1 aromatic heterocycles. The number of nitrogens with one attached hydrogen (secondary N) is 1. The van der Waals surface area contributed by atoms with Gasteiger partial charge in [0.2, 0.25) is 0 Å². The van der Waals surface area contributed by atoms with E-state index in [0.717, 1.165) is 25.6 Å². The molecule has 0 amide bonds. The maximum Gasteiger partial charge on any atom is 0.107 e. The molecule has 4 heteroatoms. The Balaban J connectivity index is 1.87. The number of rotatable bonds is 6. The van der Waals surface area contributed by atoms with Gasteiger partial charge in [0.1, 0.15) is 5.01 Å². The topological polar surface area (TPSA) is 34.2 Å². The Bertz CT molecular complexity index is 351. The molecule has 0 aromatic carbocycles. The fraction of sp³-hybridized carbons (Fsp3) is 0.769. The Morgan fingerprint density at radius 2 is 2.41 bits per heavy atom. The van der Waals surface area contributed by atoms with Gasteiger partial charge in [0.15, 0.2) is 0 Å². The number of aryl methyl sites for hydroxylation is 1. The normalized spacial score (nSPS) is 19.3. The highest BCUT2D eigenvalue weighted by molar-refractivity contribution is 7.11. The van der Waals surface area contributed by atoms with E-state index in [2.05, 4.69) is 12.2 Å². The lowest BCUT2D eigenvalue weighted by Gasteiger charge is -2.18. The first-order valence-corrected chi connectivity index (χ1v) is 7.32. The van der Waals surface area contributed by atoms with Crippen LogP contribution in [0.15, 0.2) is 0 Å². The minimum absolute atomic E-state index is 0.767. The van der Waals surface area contributed by atoms with E-state index in [1.165, 1.54) is 41.3 Å². The van der Waals surface area contributed by atoms with Crippen LogP contribution in [0.5, 0.6) is 0 Å². The van der Waals surface area contributed by atoms with Gasteiger partial charge >= 0.3 is 0 Å². The Morgan fingerprint density at radius 1 is 1.53 bits per heavy atom. The van der Waals surface area contributed by atoms with E-state index in [0.29, 0.717) is 0 Å². The Kier molecular flexibility index (Phi) is 4.95. The smallest absolute Gasteiger partial charge is 0.107 e. The van der Waals surface area contributed by atoms with Gasteiger partial charge in [-0.25, -0.2) is 4.98 Å². The highest BCUT2D eigenvalue weighted by atomic mass is 32.1. The molecule has 1 aromatic rings. The predicted octanol–water partition coefficient (Wildman–Crippen LogP) is 2.39. The average molecular weight is 254 g/mol. The second-order valence-corrected chi connectivity index (χ2v) is 5.83. The lowest BCUT2D eigenvalue weighted by Crippen LogP contribution is -2.18. The maximum absolute atomic E-state index is 5.01. The summed E-state index contributed by atoms with van der Waals surface area (Å²) < 4.78 is 5.01. The van der Waals surface area contributed by atoms with Gasteiger partial charge in [-0.1, -0.05) is 13.3 Å². The van der Waals surface area contributed by atoms with Crippen molar-refractivity contribution in [2.75, 3.05) is 20.3 Å². The van der Waals surface area contributed by atoms with Crippen molar-refractivity contribution in [1.29, 1.82) is 0 Å². The molecule has 1 unspecified atom stereocenters. The highest BCUT2D eigenvalue weighted by Crippen LogP contribution is 2.31. The van der Waals surface area contributed by atoms with Crippen LogP contribution < -0.4 is 5.32 Å². The summed E-state index contributed by atoms with van der Waals surface area (Å²) in [6.45, 7) is 4.85. The molecule has 0 fully saturated rings. The third-order valence-corrected chi connectivity index (χ3v) is 4.54. The number of ether oxygens (including phenoxy) is 1. The minimum atomic E-state index is 0.767. The molecule has 1 aliphatic rings. The molecule has 1 N–H and O–H groups in total. The van der Waals surface area contributed by atoms with Crippen molar-refractivity contribution < 1.29 is 4.74 Å². The molecule has 17 heavy (non-hydrogen) atoms. The van der Waals surface area contributed by atoms with Crippen LogP contribution >= 0.6 is 11.3 Å². The maximum atomic E-state index is 5.01. The number of fused-ring (bicyclic) bond motifs is 1. The summed E-state index contributed by atoms with van der Waals surface area (Å²) >= 11 is 1.90. The number of hydrogen-bond acceptors (Lipinski definition) is 4. The van der Waals surface area contributed by atoms with E-state index in [1.807, 2.05) is 11.3 Å². The van der Waals surface area contributed by atoms with E-state index in [1.54, 1.807) is 7.11 Å². The van der Waals surface area contributed by atoms with E-state index in [-0.39, 0.29) is 0 Å². The molecule has 0 radical (unpaired) electrons. The lowest BCUT2D eigenvalue weighted by molar-refractivity contribution is 0.199. The first-order valence-electron chi connectivity index (χ1n) is 6.50. The molecule has 0 aliphatic heterocycles. The van der Waals surface area contributed by atoms with Gasteiger partial charge < -0.3 is 10.1 Å². The van der Waals surface area contributed by atoms with Gasteiger partial charge in [-0.2, -0.15) is 0 Å². The molecule has 1 aliphatic carbocycles. The van der Waals surface area contributed by atoms with Gasteiger partial charge in [-0.05, 0) is 25.2 Å². The summed E-state index contributed by atoms with van der Waals surface area (Å²) in [7, 11) is 1.73. The van der Waals surface area contributed by atoms with Crippen LogP contribution in [-0.4, -0.2) is 25.2 Å². The molecule has 0 spiro atoms. The highest BCUT2D eigenvalue weighted by Gasteiger charge is 2.20. The second-order valence-electron chi connectivity index (χ2n) is 4.66. The largest absolute Gasteiger partial charge is 0.383 e. The Labute approximate surface area is 108 Å². The van der Waals surface area contributed by atoms with E-state index in [4.69, 9.17) is 9.72 Å². The van der Waals surface area contributed by atoms with Crippen LogP contribution in [-0.2, 0) is 24.1 Å². The quantitative estimate of drug-likeness (QED) is 0.792. The Morgan fingerprint density at radius 3 is 3.18 bits per heavy atom. The third kappa shape index (κ3) is 3.50. The van der Waals surface area contributed by atoms with Crippen LogP contribution in [0.4, 0.5) is 0 Å². The number of aromatic nitrogens is 1. The van der Waals surface area contributed by atoms with Gasteiger partial charge in [-0.15, -0.1) is 11.3 Å². The SMILES string of the molecule is CCC1CCc2nc(CNCCOC)sc2C1. The fourth-order valence-electron chi connectivity index (χ4n) is 2.29. The zero-order valence-electron chi connectivity index (χ0n) is 10.8. The first kappa shape index (κ1) is 13.0. The molecule has 96 valence electrons. The number of hydrogen-bond donors (Lipinski definition) is 1. The van der Waals surface area contributed by atoms with Gasteiger partial charge in [0, 0.05) is 25.1 Å². The standard InChI is InChI=1S/C13H22N2OS/c1-3-10-4-5-11-12(8-10)17-13(15-11)9-14-6-7-16-2/h10,14H,3-9H2,1-2H3. The molecule has 0 bridgehead atoms. The lowest BCUT2D eigenvalue weighted by atomic mass is 9.89. The summed E-state index contributed by atoms with van der Waals surface area (Å²) in [6, 6.07) is 0. The van der Waals surface area contributed by atoms with Crippen molar-refractivity contribution in [2.45, 2.75) is 39.2 Å². The molecule has 0 saturated heterocycles. The molecule has 1 atom stereocenters. The molecular formula is C13H22N2OS. The van der Waals surface area contributed by atoms with Crippen LogP contribution in [0, 0.1) is 5.92 Å². The number of thiazole rings is 1. The summed E-state index contributed by atoms with van der Waals surface area (Å²) in [5.41, 5.74) is 1.36. The minimum Gasteiger partial charge on any atom is -0.383 e. The van der Waals surface area contributed by atoms with Crippen molar-refractivity contribution in [1.82, 2.24) is 10.3 Å². The molecule has 3 nitrogen and oxygen atoms in total. The van der Waals surface area contributed by atoms with E-state index in [9.17, 15) is 0 Å². The summed E-state index contributed by atoms with van der Waals surface area (Å²) in [4.78, 5) is 6.27. The summed E-state index contributed by atoms with van der Waals surface area (Å²) in [5.74, 6) is 0.886. The van der Waals surface area contributed by atoms with Crippen molar-refractivity contribution in [3.63, 3.8) is 0 Å². The van der Waals surface area contributed by atoms with Crippen LogP contribution in [0.2, 0.25) is 0 Å². The van der Waals surface area contributed by atoms with Gasteiger partial charge in [-0.3, -0.25) is 0 Å². The van der Waals surface area contributed by atoms with Crippen LogP contribution in [0.1, 0.15) is 35.3 Å². The van der Waals surface area contributed by atoms with Crippen molar-refractivity contribution in [3.05, 3.63) is 15.6 Å². The molecular weight excluding hydrogens is 232 g/mol. The third-order valence-electron chi connectivity index (χ3n) is 3.42. The van der Waals surface area contributed by atoms with Crippen molar-refractivity contribution >= 4 is 11.3 Å². The summed E-state index contributed by atoms with van der Waals surface area (Å²) in [6.07, 6.45) is 5.06. The monoisotopic (exact) mass is 254 g/mol. The average Bonchev–Trinajstić information content (AvgIpc) is 2.76. The number of methoxy groups -OCH3 is 1. The van der Waals surface area contributed by atoms with Crippen molar-refractivity contribution in [2.24, 2.45) is 5.92 Å². The molecule has 1 heterocycles. The predicted molar refractivity (Wildman–Crippen MR) is 71.5 cm³/mol. The number of nitrogens with zero attached hydrogens (tertiary/aromatic N) is 1. The van der Waals surface area contributed by atoms with Gasteiger partial charge in [0.25, 0.3) is 0 Å². The van der Waals surface area contributed by atoms with Crippen molar-refractivity contribution in [3.8, 4) is 0 Å². The summed E-state index contributed by atoms with van der Waals surface area (Å²) in [5, 5.41) is 4.60. The van der Waals surface area contributed by atoms with E-state index < -0.39 is 0 Å². The van der Waals surface area contributed by atoms with E-state index >= 15 is 0 Å².